The third-order valence-electron chi connectivity index (χ3n) is 4.06. The number of pyridine rings is 2. The minimum Gasteiger partial charge on any atom is -0.381 e. The van der Waals surface area contributed by atoms with Gasteiger partial charge in [-0.25, -0.2) is 14.4 Å². The molecule has 2 aromatic heterocycles. The first-order valence-corrected chi connectivity index (χ1v) is 7.85. The van der Waals surface area contributed by atoms with Gasteiger partial charge in [-0.3, -0.25) is 4.79 Å². The second-order valence-electron chi connectivity index (χ2n) is 5.77. The zero-order valence-corrected chi connectivity index (χ0v) is 14.3. The van der Waals surface area contributed by atoms with Gasteiger partial charge in [-0.2, -0.15) is 13.2 Å². The lowest BCUT2D eigenvalue weighted by atomic mass is 10.0. The Morgan fingerprint density at radius 2 is 1.82 bits per heavy atom. The number of morpholine rings is 1. The van der Waals surface area contributed by atoms with Crippen LogP contribution in [-0.2, 0) is 10.9 Å². The number of rotatable bonds is 3. The van der Waals surface area contributed by atoms with E-state index in [9.17, 15) is 22.4 Å². The number of nitrogens with zero attached hydrogens (tertiary/aromatic N) is 4. The molecule has 149 valence electrons. The van der Waals surface area contributed by atoms with Gasteiger partial charge in [0.25, 0.3) is 5.91 Å². The van der Waals surface area contributed by atoms with Crippen molar-refractivity contribution in [3.05, 3.63) is 35.5 Å². The molecule has 0 bridgehead atoms. The van der Waals surface area contributed by atoms with Gasteiger partial charge in [0.15, 0.2) is 11.6 Å². The summed E-state index contributed by atoms with van der Waals surface area (Å²) in [5.74, 6) is -2.40. The molecular formula is C16H15F4N6O2. The van der Waals surface area contributed by atoms with E-state index >= 15 is 0 Å². The molecule has 1 fully saturated rings. The van der Waals surface area contributed by atoms with E-state index in [1.165, 1.54) is 6.20 Å². The molecule has 0 unspecified atom stereocenters. The van der Waals surface area contributed by atoms with Crippen LogP contribution in [0.25, 0.3) is 11.1 Å². The standard InChI is InChI=1S/C16H15F4N5O2.N/c17-11-13(25-3-5-27-6-4-25)9(7-23-14(11)21)8-1-2-10(16(18,19)20)24-12(8)15(22)26;/h1-2,7H,3-6H2,(H2,21,23)(H2,22,26);. The van der Waals surface area contributed by atoms with Crippen LogP contribution >= 0.6 is 0 Å². The number of anilines is 2. The second-order valence-corrected chi connectivity index (χ2v) is 5.77. The Balaban J connectivity index is 0.00000280. The zero-order valence-electron chi connectivity index (χ0n) is 14.3. The van der Waals surface area contributed by atoms with Gasteiger partial charge >= 0.3 is 6.18 Å². The molecule has 1 amide bonds. The number of halogens is 4. The molecule has 0 aliphatic carbocycles. The van der Waals surface area contributed by atoms with Crippen molar-refractivity contribution < 1.29 is 27.1 Å². The molecule has 1 aliphatic rings. The van der Waals surface area contributed by atoms with E-state index < -0.39 is 29.3 Å². The molecule has 2 aromatic rings. The Labute approximate surface area is 157 Å². The molecule has 3 heterocycles. The Morgan fingerprint density at radius 1 is 1.18 bits per heavy atom. The summed E-state index contributed by atoms with van der Waals surface area (Å²) in [6, 6.07) is 1.71. The molecule has 0 atom stereocenters. The number of hydrogen-bond donors (Lipinski definition) is 2. The Kier molecular flexibility index (Phi) is 6.04. The number of carbonyl (C=O) groups is 1. The normalized spacial score (nSPS) is 14.5. The van der Waals surface area contributed by atoms with E-state index in [1.807, 2.05) is 0 Å². The molecule has 28 heavy (non-hydrogen) atoms. The van der Waals surface area contributed by atoms with Crippen LogP contribution in [0.1, 0.15) is 16.2 Å². The van der Waals surface area contributed by atoms with Crippen molar-refractivity contribution in [2.24, 2.45) is 5.73 Å². The summed E-state index contributed by atoms with van der Waals surface area (Å²) in [5, 5.41) is 0. The van der Waals surface area contributed by atoms with Crippen molar-refractivity contribution in [2.45, 2.75) is 6.18 Å². The Hall–Kier alpha value is -2.99. The number of nitrogen functional groups attached to an aromatic ring is 1. The maximum atomic E-state index is 14.7. The maximum Gasteiger partial charge on any atom is 0.433 e. The molecule has 1 saturated heterocycles. The van der Waals surface area contributed by atoms with Crippen LogP contribution in [0.5, 0.6) is 0 Å². The fraction of sp³-hybridized carbons (Fsp3) is 0.312. The molecule has 3 radical (unpaired) electrons. The van der Waals surface area contributed by atoms with E-state index in [1.54, 1.807) is 4.90 Å². The Morgan fingerprint density at radius 3 is 2.39 bits per heavy atom. The first-order chi connectivity index (χ1) is 12.7. The van der Waals surface area contributed by atoms with Crippen molar-refractivity contribution in [1.82, 2.24) is 16.1 Å². The van der Waals surface area contributed by atoms with Gasteiger partial charge in [-0.1, -0.05) is 0 Å². The number of alkyl halides is 3. The highest BCUT2D eigenvalue weighted by atomic mass is 19.4. The molecule has 8 nitrogen and oxygen atoms in total. The first-order valence-electron chi connectivity index (χ1n) is 7.85. The molecule has 0 aromatic carbocycles. The summed E-state index contributed by atoms with van der Waals surface area (Å²) in [5.41, 5.74) is 8.87. The van der Waals surface area contributed by atoms with Crippen LogP contribution in [0.3, 0.4) is 0 Å². The minimum absolute atomic E-state index is 0. The number of hydrogen-bond acceptors (Lipinski definition) is 6. The van der Waals surface area contributed by atoms with Gasteiger partial charge in [0.2, 0.25) is 0 Å². The van der Waals surface area contributed by atoms with Crippen LogP contribution in [-0.4, -0.2) is 42.2 Å². The number of ether oxygens (including phenoxy) is 1. The number of primary amides is 1. The molecule has 0 saturated carbocycles. The summed E-state index contributed by atoms with van der Waals surface area (Å²) < 4.78 is 58.8. The number of nitrogens with two attached hydrogens (primary N) is 2. The zero-order chi connectivity index (χ0) is 19.8. The summed E-state index contributed by atoms with van der Waals surface area (Å²) in [6.45, 7) is 1.31. The monoisotopic (exact) mass is 399 g/mol. The average Bonchev–Trinajstić information content (AvgIpc) is 2.63. The molecule has 0 spiro atoms. The topological polar surface area (TPSA) is 138 Å². The van der Waals surface area contributed by atoms with Crippen molar-refractivity contribution in [3.8, 4) is 11.1 Å². The smallest absolute Gasteiger partial charge is 0.381 e. The van der Waals surface area contributed by atoms with Gasteiger partial charge < -0.3 is 21.1 Å². The van der Waals surface area contributed by atoms with E-state index in [4.69, 9.17) is 16.2 Å². The van der Waals surface area contributed by atoms with Crippen LogP contribution < -0.4 is 22.5 Å². The van der Waals surface area contributed by atoms with E-state index in [-0.39, 0.29) is 28.8 Å². The molecule has 1 aliphatic heterocycles. The lowest BCUT2D eigenvalue weighted by molar-refractivity contribution is -0.141. The van der Waals surface area contributed by atoms with Crippen LogP contribution in [0.15, 0.2) is 18.3 Å². The summed E-state index contributed by atoms with van der Waals surface area (Å²) in [4.78, 5) is 20.4. The maximum absolute atomic E-state index is 14.7. The average molecular weight is 399 g/mol. The van der Waals surface area contributed by atoms with Gasteiger partial charge in [0, 0.05) is 36.6 Å². The highest BCUT2D eigenvalue weighted by molar-refractivity contribution is 6.00. The van der Waals surface area contributed by atoms with Gasteiger partial charge in [-0.05, 0) is 12.1 Å². The van der Waals surface area contributed by atoms with Crippen LogP contribution in [0.2, 0.25) is 0 Å². The quantitative estimate of drug-likeness (QED) is 0.747. The minimum atomic E-state index is -4.76. The van der Waals surface area contributed by atoms with E-state index in [2.05, 4.69) is 9.97 Å². The largest absolute Gasteiger partial charge is 0.433 e. The Bertz CT molecular complexity index is 884. The number of carbonyl (C=O) groups excluding carboxylic acids is 1. The molecule has 4 N–H and O–H groups in total. The lowest BCUT2D eigenvalue weighted by Gasteiger charge is -2.31. The molecule has 12 heteroatoms. The van der Waals surface area contributed by atoms with Crippen molar-refractivity contribution in [1.29, 1.82) is 0 Å². The predicted molar refractivity (Wildman–Crippen MR) is 90.5 cm³/mol. The van der Waals surface area contributed by atoms with Gasteiger partial charge in [0.1, 0.15) is 11.4 Å². The SMILES string of the molecule is NC(=O)c1nc(C(F)(F)F)ccc1-c1cnc(N)c(F)c1N1CCOCC1.[N]. The summed E-state index contributed by atoms with van der Waals surface area (Å²) >= 11 is 0. The van der Waals surface area contributed by atoms with E-state index in [0.29, 0.717) is 32.4 Å². The predicted octanol–water partition coefficient (Wildman–Crippen LogP) is 1.34. The lowest BCUT2D eigenvalue weighted by Crippen LogP contribution is -2.37. The van der Waals surface area contributed by atoms with Gasteiger partial charge in [-0.15, -0.1) is 0 Å². The fourth-order valence-electron chi connectivity index (χ4n) is 2.81. The highest BCUT2D eigenvalue weighted by Gasteiger charge is 2.34. The van der Waals surface area contributed by atoms with E-state index in [0.717, 1.165) is 6.07 Å². The van der Waals surface area contributed by atoms with Crippen molar-refractivity contribution in [2.75, 3.05) is 36.9 Å². The highest BCUT2D eigenvalue weighted by Crippen LogP contribution is 2.38. The molecule has 3 rings (SSSR count). The molecular weight excluding hydrogens is 384 g/mol. The fourth-order valence-corrected chi connectivity index (χ4v) is 2.81. The van der Waals surface area contributed by atoms with Gasteiger partial charge in [0.05, 0.1) is 18.9 Å². The number of amides is 1. The third-order valence-corrected chi connectivity index (χ3v) is 4.06. The van der Waals surface area contributed by atoms with Crippen molar-refractivity contribution >= 4 is 17.4 Å². The van der Waals surface area contributed by atoms with Crippen LogP contribution in [0.4, 0.5) is 29.1 Å². The summed E-state index contributed by atoms with van der Waals surface area (Å²) in [6.07, 6.45) is -3.58. The van der Waals surface area contributed by atoms with Crippen LogP contribution in [0, 0.1) is 5.82 Å². The van der Waals surface area contributed by atoms with Crippen molar-refractivity contribution in [3.63, 3.8) is 0 Å². The summed E-state index contributed by atoms with van der Waals surface area (Å²) in [7, 11) is 0. The second kappa shape index (κ2) is 7.94. The number of aromatic nitrogens is 2. The third kappa shape index (κ3) is 3.97. The first kappa shape index (κ1) is 21.3.